The summed E-state index contributed by atoms with van der Waals surface area (Å²) < 4.78 is 1.07. The molecule has 3 nitrogen and oxygen atoms in total. The minimum atomic E-state index is 0.698. The standard InChI is InChI=1S/C12H18BrN3/c1-9-7-12(16-8-11(9)13)15-6-4-10-3-2-5-14-10/h7-8,10,14H,2-6H2,1H3,(H,15,16). The van der Waals surface area contributed by atoms with Crippen molar-refractivity contribution in [3.8, 4) is 0 Å². The number of aromatic nitrogens is 1. The van der Waals surface area contributed by atoms with Gasteiger partial charge in [0.15, 0.2) is 0 Å². The van der Waals surface area contributed by atoms with E-state index in [1.165, 1.54) is 31.4 Å². The van der Waals surface area contributed by atoms with E-state index in [4.69, 9.17) is 0 Å². The molecule has 1 aliphatic rings. The third kappa shape index (κ3) is 3.19. The van der Waals surface area contributed by atoms with Crippen LogP contribution in [0.2, 0.25) is 0 Å². The monoisotopic (exact) mass is 283 g/mol. The number of nitrogens with zero attached hydrogens (tertiary/aromatic N) is 1. The molecule has 1 aromatic heterocycles. The first-order valence-corrected chi connectivity index (χ1v) is 6.64. The summed E-state index contributed by atoms with van der Waals surface area (Å²) >= 11 is 3.45. The summed E-state index contributed by atoms with van der Waals surface area (Å²) in [5.74, 6) is 0.971. The predicted molar refractivity (Wildman–Crippen MR) is 70.8 cm³/mol. The molecule has 0 amide bonds. The van der Waals surface area contributed by atoms with Crippen LogP contribution in [0.3, 0.4) is 0 Å². The second-order valence-corrected chi connectivity index (χ2v) is 5.18. The van der Waals surface area contributed by atoms with Gasteiger partial charge in [-0.3, -0.25) is 0 Å². The first-order chi connectivity index (χ1) is 7.75. The summed E-state index contributed by atoms with van der Waals surface area (Å²) in [6.45, 7) is 4.25. The van der Waals surface area contributed by atoms with Gasteiger partial charge in [-0.1, -0.05) is 0 Å². The molecule has 0 spiro atoms. The second kappa shape index (κ2) is 5.64. The topological polar surface area (TPSA) is 37.0 Å². The van der Waals surface area contributed by atoms with E-state index < -0.39 is 0 Å². The number of pyridine rings is 1. The van der Waals surface area contributed by atoms with Crippen molar-refractivity contribution in [2.75, 3.05) is 18.4 Å². The Hall–Kier alpha value is -0.610. The van der Waals surface area contributed by atoms with Gasteiger partial charge in [0.1, 0.15) is 5.82 Å². The fourth-order valence-corrected chi connectivity index (χ4v) is 2.23. The number of halogens is 1. The lowest BCUT2D eigenvalue weighted by atomic mass is 10.1. The Bertz CT molecular complexity index is 348. The highest BCUT2D eigenvalue weighted by Crippen LogP contribution is 2.17. The van der Waals surface area contributed by atoms with Crippen molar-refractivity contribution in [1.82, 2.24) is 10.3 Å². The van der Waals surface area contributed by atoms with Gasteiger partial charge in [-0.15, -0.1) is 0 Å². The normalized spacial score (nSPS) is 20.0. The Morgan fingerprint density at radius 1 is 1.62 bits per heavy atom. The molecule has 4 heteroatoms. The highest BCUT2D eigenvalue weighted by Gasteiger charge is 2.12. The number of hydrogen-bond acceptors (Lipinski definition) is 3. The summed E-state index contributed by atoms with van der Waals surface area (Å²) in [7, 11) is 0. The average molecular weight is 284 g/mol. The van der Waals surface area contributed by atoms with Gasteiger partial charge in [-0.25, -0.2) is 4.98 Å². The van der Waals surface area contributed by atoms with Crippen LogP contribution in [0.25, 0.3) is 0 Å². The Balaban J connectivity index is 1.78. The van der Waals surface area contributed by atoms with Crippen LogP contribution in [-0.2, 0) is 0 Å². The molecule has 1 aromatic rings. The Morgan fingerprint density at radius 3 is 3.19 bits per heavy atom. The Morgan fingerprint density at radius 2 is 2.50 bits per heavy atom. The summed E-state index contributed by atoms with van der Waals surface area (Å²) in [6.07, 6.45) is 5.66. The third-order valence-corrected chi connectivity index (χ3v) is 3.84. The molecule has 0 saturated carbocycles. The van der Waals surface area contributed by atoms with Crippen LogP contribution in [-0.4, -0.2) is 24.1 Å². The fraction of sp³-hybridized carbons (Fsp3) is 0.583. The van der Waals surface area contributed by atoms with Gasteiger partial charge in [0.05, 0.1) is 0 Å². The number of nitrogens with one attached hydrogen (secondary N) is 2. The first-order valence-electron chi connectivity index (χ1n) is 5.85. The largest absolute Gasteiger partial charge is 0.370 e. The Kier molecular flexibility index (Phi) is 4.18. The van der Waals surface area contributed by atoms with Crippen LogP contribution >= 0.6 is 15.9 Å². The van der Waals surface area contributed by atoms with E-state index >= 15 is 0 Å². The molecule has 0 aliphatic carbocycles. The van der Waals surface area contributed by atoms with Gasteiger partial charge in [0.2, 0.25) is 0 Å². The van der Waals surface area contributed by atoms with E-state index in [1.54, 1.807) is 0 Å². The van der Waals surface area contributed by atoms with Crippen molar-refractivity contribution >= 4 is 21.7 Å². The van der Waals surface area contributed by atoms with Crippen molar-refractivity contribution in [2.45, 2.75) is 32.2 Å². The zero-order valence-corrected chi connectivity index (χ0v) is 11.2. The van der Waals surface area contributed by atoms with E-state index in [-0.39, 0.29) is 0 Å². The first kappa shape index (κ1) is 11.9. The van der Waals surface area contributed by atoms with Gasteiger partial charge >= 0.3 is 0 Å². The van der Waals surface area contributed by atoms with Crippen LogP contribution in [0.15, 0.2) is 16.7 Å². The van der Waals surface area contributed by atoms with Crippen molar-refractivity contribution in [3.63, 3.8) is 0 Å². The molecule has 0 radical (unpaired) electrons. The fourth-order valence-electron chi connectivity index (χ4n) is 2.01. The lowest BCUT2D eigenvalue weighted by Gasteiger charge is -2.11. The van der Waals surface area contributed by atoms with Gasteiger partial charge in [0.25, 0.3) is 0 Å². The molecular formula is C12H18BrN3. The van der Waals surface area contributed by atoms with E-state index in [9.17, 15) is 0 Å². The number of hydrogen-bond donors (Lipinski definition) is 2. The molecule has 1 atom stereocenters. The van der Waals surface area contributed by atoms with Crippen LogP contribution in [0.1, 0.15) is 24.8 Å². The SMILES string of the molecule is Cc1cc(NCCC2CCCN2)ncc1Br. The second-order valence-electron chi connectivity index (χ2n) is 4.33. The molecule has 0 bridgehead atoms. The quantitative estimate of drug-likeness (QED) is 0.892. The molecule has 16 heavy (non-hydrogen) atoms. The van der Waals surface area contributed by atoms with Crippen LogP contribution < -0.4 is 10.6 Å². The molecule has 88 valence electrons. The third-order valence-electron chi connectivity index (χ3n) is 3.01. The summed E-state index contributed by atoms with van der Waals surface area (Å²) in [4.78, 5) is 4.32. The van der Waals surface area contributed by atoms with Gasteiger partial charge in [-0.05, 0) is 60.3 Å². The zero-order valence-electron chi connectivity index (χ0n) is 9.59. The summed E-state index contributed by atoms with van der Waals surface area (Å²) in [5, 5.41) is 6.86. The average Bonchev–Trinajstić information content (AvgIpc) is 2.76. The van der Waals surface area contributed by atoms with Crippen molar-refractivity contribution < 1.29 is 0 Å². The van der Waals surface area contributed by atoms with Gasteiger partial charge in [-0.2, -0.15) is 0 Å². The molecule has 1 unspecified atom stereocenters. The molecule has 1 saturated heterocycles. The molecule has 2 rings (SSSR count). The van der Waals surface area contributed by atoms with E-state index in [1.807, 2.05) is 6.20 Å². The van der Waals surface area contributed by atoms with Gasteiger partial charge < -0.3 is 10.6 Å². The van der Waals surface area contributed by atoms with Crippen molar-refractivity contribution in [1.29, 1.82) is 0 Å². The highest BCUT2D eigenvalue weighted by atomic mass is 79.9. The smallest absolute Gasteiger partial charge is 0.126 e. The van der Waals surface area contributed by atoms with Crippen LogP contribution in [0, 0.1) is 6.92 Å². The predicted octanol–water partition coefficient (Wildman–Crippen LogP) is 2.71. The Labute approximate surface area is 105 Å². The van der Waals surface area contributed by atoms with E-state index in [2.05, 4.69) is 44.5 Å². The summed E-state index contributed by atoms with van der Waals surface area (Å²) in [6, 6.07) is 2.77. The zero-order chi connectivity index (χ0) is 11.4. The van der Waals surface area contributed by atoms with E-state index in [0.29, 0.717) is 6.04 Å². The number of rotatable bonds is 4. The molecule has 0 aromatic carbocycles. The van der Waals surface area contributed by atoms with Gasteiger partial charge in [0, 0.05) is 23.3 Å². The van der Waals surface area contributed by atoms with Crippen molar-refractivity contribution in [3.05, 3.63) is 22.3 Å². The van der Waals surface area contributed by atoms with Crippen LogP contribution in [0.5, 0.6) is 0 Å². The lowest BCUT2D eigenvalue weighted by Crippen LogP contribution is -2.24. The molecule has 2 heterocycles. The molecular weight excluding hydrogens is 266 g/mol. The molecule has 2 N–H and O–H groups in total. The number of anilines is 1. The minimum Gasteiger partial charge on any atom is -0.370 e. The minimum absolute atomic E-state index is 0.698. The van der Waals surface area contributed by atoms with Crippen molar-refractivity contribution in [2.24, 2.45) is 0 Å². The summed E-state index contributed by atoms with van der Waals surface area (Å²) in [5.41, 5.74) is 1.22. The lowest BCUT2D eigenvalue weighted by molar-refractivity contribution is 0.574. The maximum Gasteiger partial charge on any atom is 0.126 e. The maximum atomic E-state index is 4.32. The van der Waals surface area contributed by atoms with Crippen LogP contribution in [0.4, 0.5) is 5.82 Å². The molecule has 1 aliphatic heterocycles. The number of aryl methyl sites for hydroxylation is 1. The molecule has 1 fully saturated rings. The van der Waals surface area contributed by atoms with E-state index in [0.717, 1.165) is 16.8 Å². The highest BCUT2D eigenvalue weighted by molar-refractivity contribution is 9.10. The maximum absolute atomic E-state index is 4.32.